The van der Waals surface area contributed by atoms with Gasteiger partial charge in [-0.05, 0) is 6.92 Å². The van der Waals surface area contributed by atoms with Crippen LogP contribution in [0.3, 0.4) is 0 Å². The van der Waals surface area contributed by atoms with Gasteiger partial charge in [0.1, 0.15) is 12.1 Å². The molecule has 28 heavy (non-hydrogen) atoms. The Hall–Kier alpha value is -3.24. The van der Waals surface area contributed by atoms with Crippen molar-refractivity contribution >= 4 is 17.6 Å². The van der Waals surface area contributed by atoms with E-state index in [1.165, 1.54) is 6.33 Å². The number of aryl methyl sites for hydroxylation is 1. The molecule has 4 rings (SSSR count). The third-order valence-corrected chi connectivity index (χ3v) is 4.64. The molecule has 0 atom stereocenters. The van der Waals surface area contributed by atoms with E-state index in [1.807, 2.05) is 26.8 Å². The molecule has 4 heterocycles. The summed E-state index contributed by atoms with van der Waals surface area (Å²) in [4.78, 5) is 29.2. The molecule has 0 unspecified atom stereocenters. The van der Waals surface area contributed by atoms with Crippen molar-refractivity contribution < 1.29 is 9.32 Å². The molecule has 3 aromatic heterocycles. The zero-order chi connectivity index (χ0) is 19.7. The molecular weight excluding hydrogens is 362 g/mol. The SMILES string of the molecule is Cc1cc(N2CCN(C(=O)NCc3nc(C(C)C)no3)CC2)n2ncnc2n1. The number of rotatable bonds is 4. The molecule has 1 saturated heterocycles. The van der Waals surface area contributed by atoms with E-state index in [-0.39, 0.29) is 18.5 Å². The van der Waals surface area contributed by atoms with Gasteiger partial charge in [0, 0.05) is 43.9 Å². The number of piperazine rings is 1. The standard InChI is InChI=1S/C17H23N9O2/c1-11(2)15-22-13(28-23-15)9-18-17(27)25-6-4-24(5-7-25)14-8-12(3)21-16-19-10-20-26(14)16/h8,10-11H,4-7,9H2,1-3H3,(H,18,27). The topological polar surface area (TPSA) is 118 Å². The van der Waals surface area contributed by atoms with Crippen LogP contribution < -0.4 is 10.2 Å². The second-order valence-corrected chi connectivity index (χ2v) is 7.06. The zero-order valence-electron chi connectivity index (χ0n) is 16.2. The Morgan fingerprint density at radius 1 is 1.25 bits per heavy atom. The largest absolute Gasteiger partial charge is 0.353 e. The van der Waals surface area contributed by atoms with Crippen LogP contribution in [0.4, 0.5) is 10.6 Å². The summed E-state index contributed by atoms with van der Waals surface area (Å²) < 4.78 is 6.89. The number of hydrogen-bond donors (Lipinski definition) is 1. The van der Waals surface area contributed by atoms with E-state index >= 15 is 0 Å². The first-order chi connectivity index (χ1) is 13.5. The Morgan fingerprint density at radius 3 is 2.75 bits per heavy atom. The number of urea groups is 1. The molecule has 11 heteroatoms. The molecule has 1 aliphatic heterocycles. The summed E-state index contributed by atoms with van der Waals surface area (Å²) >= 11 is 0. The molecular formula is C17H23N9O2. The molecule has 0 radical (unpaired) electrons. The highest BCUT2D eigenvalue weighted by Crippen LogP contribution is 2.18. The van der Waals surface area contributed by atoms with Crippen LogP contribution in [0.25, 0.3) is 5.78 Å². The van der Waals surface area contributed by atoms with Gasteiger partial charge in [0.25, 0.3) is 5.78 Å². The van der Waals surface area contributed by atoms with Crippen LogP contribution in [-0.2, 0) is 6.54 Å². The number of carbonyl (C=O) groups excluding carboxylic acids is 1. The molecule has 0 aromatic carbocycles. The molecule has 0 bridgehead atoms. The lowest BCUT2D eigenvalue weighted by Gasteiger charge is -2.35. The molecule has 3 aromatic rings. The van der Waals surface area contributed by atoms with Gasteiger partial charge in [0.2, 0.25) is 5.89 Å². The second-order valence-electron chi connectivity index (χ2n) is 7.06. The number of anilines is 1. The van der Waals surface area contributed by atoms with Crippen molar-refractivity contribution in [1.82, 2.24) is 39.9 Å². The summed E-state index contributed by atoms with van der Waals surface area (Å²) in [7, 11) is 0. The summed E-state index contributed by atoms with van der Waals surface area (Å²) in [6, 6.07) is 1.85. The first-order valence-electron chi connectivity index (χ1n) is 9.29. The van der Waals surface area contributed by atoms with Crippen molar-refractivity contribution in [3.8, 4) is 0 Å². The second kappa shape index (κ2) is 7.41. The predicted molar refractivity (Wildman–Crippen MR) is 99.9 cm³/mol. The van der Waals surface area contributed by atoms with Crippen LogP contribution in [0.2, 0.25) is 0 Å². The lowest BCUT2D eigenvalue weighted by Crippen LogP contribution is -2.52. The van der Waals surface area contributed by atoms with Crippen molar-refractivity contribution in [2.45, 2.75) is 33.2 Å². The van der Waals surface area contributed by atoms with E-state index < -0.39 is 0 Å². The number of carbonyl (C=O) groups is 1. The van der Waals surface area contributed by atoms with E-state index in [4.69, 9.17) is 4.52 Å². The van der Waals surface area contributed by atoms with Gasteiger partial charge in [-0.1, -0.05) is 19.0 Å². The van der Waals surface area contributed by atoms with Gasteiger partial charge >= 0.3 is 6.03 Å². The van der Waals surface area contributed by atoms with Crippen LogP contribution in [0.15, 0.2) is 16.9 Å². The Bertz CT molecular complexity index is 972. The lowest BCUT2D eigenvalue weighted by molar-refractivity contribution is 0.192. The van der Waals surface area contributed by atoms with Gasteiger partial charge in [0.05, 0.1) is 6.54 Å². The molecule has 11 nitrogen and oxygen atoms in total. The Kier molecular flexibility index (Phi) is 4.80. The lowest BCUT2D eigenvalue weighted by atomic mass is 10.2. The van der Waals surface area contributed by atoms with E-state index in [9.17, 15) is 4.79 Å². The van der Waals surface area contributed by atoms with Crippen molar-refractivity contribution in [3.63, 3.8) is 0 Å². The maximum atomic E-state index is 12.4. The monoisotopic (exact) mass is 385 g/mol. The normalized spacial score (nSPS) is 14.9. The molecule has 0 spiro atoms. The van der Waals surface area contributed by atoms with Crippen LogP contribution in [0.5, 0.6) is 0 Å². The van der Waals surface area contributed by atoms with E-state index in [2.05, 4.69) is 35.4 Å². The van der Waals surface area contributed by atoms with Crippen molar-refractivity contribution in [3.05, 3.63) is 29.8 Å². The van der Waals surface area contributed by atoms with E-state index in [1.54, 1.807) is 9.42 Å². The van der Waals surface area contributed by atoms with Crippen molar-refractivity contribution in [1.29, 1.82) is 0 Å². The average molecular weight is 385 g/mol. The molecule has 1 fully saturated rings. The highest BCUT2D eigenvalue weighted by Gasteiger charge is 2.23. The van der Waals surface area contributed by atoms with Gasteiger partial charge < -0.3 is 19.6 Å². The average Bonchev–Trinajstić information content (AvgIpc) is 3.35. The predicted octanol–water partition coefficient (Wildman–Crippen LogP) is 0.971. The fourth-order valence-corrected chi connectivity index (χ4v) is 3.11. The molecule has 0 aliphatic carbocycles. The molecule has 1 aliphatic rings. The Morgan fingerprint density at radius 2 is 2.04 bits per heavy atom. The van der Waals surface area contributed by atoms with Crippen LogP contribution in [0, 0.1) is 6.92 Å². The summed E-state index contributed by atoms with van der Waals surface area (Å²) in [5.74, 6) is 2.76. The first kappa shape index (κ1) is 18.1. The summed E-state index contributed by atoms with van der Waals surface area (Å²) in [5, 5.41) is 11.0. The summed E-state index contributed by atoms with van der Waals surface area (Å²) in [5.41, 5.74) is 0.885. The molecule has 148 valence electrons. The van der Waals surface area contributed by atoms with Crippen LogP contribution in [-0.4, -0.2) is 66.8 Å². The summed E-state index contributed by atoms with van der Waals surface area (Å²) in [6.07, 6.45) is 1.50. The van der Waals surface area contributed by atoms with E-state index in [0.29, 0.717) is 43.7 Å². The number of nitrogens with one attached hydrogen (secondary N) is 1. The van der Waals surface area contributed by atoms with Gasteiger partial charge in [-0.2, -0.15) is 19.6 Å². The zero-order valence-corrected chi connectivity index (χ0v) is 16.2. The number of fused-ring (bicyclic) bond motifs is 1. The maximum absolute atomic E-state index is 12.4. The van der Waals surface area contributed by atoms with Gasteiger partial charge in [-0.3, -0.25) is 0 Å². The van der Waals surface area contributed by atoms with Gasteiger partial charge in [-0.25, -0.2) is 9.78 Å². The number of hydrogen-bond acceptors (Lipinski definition) is 8. The number of nitrogens with zero attached hydrogens (tertiary/aromatic N) is 8. The highest BCUT2D eigenvalue weighted by atomic mass is 16.5. The smallest absolute Gasteiger partial charge is 0.317 e. The third-order valence-electron chi connectivity index (χ3n) is 4.64. The van der Waals surface area contributed by atoms with Crippen LogP contribution >= 0.6 is 0 Å². The minimum absolute atomic E-state index is 0.138. The number of amides is 2. The molecule has 1 N–H and O–H groups in total. The number of aromatic nitrogens is 6. The fourth-order valence-electron chi connectivity index (χ4n) is 3.11. The maximum Gasteiger partial charge on any atom is 0.317 e. The minimum Gasteiger partial charge on any atom is -0.353 e. The van der Waals surface area contributed by atoms with E-state index in [0.717, 1.165) is 11.5 Å². The van der Waals surface area contributed by atoms with Crippen molar-refractivity contribution in [2.24, 2.45) is 0 Å². The van der Waals surface area contributed by atoms with Crippen LogP contribution in [0.1, 0.15) is 37.2 Å². The van der Waals surface area contributed by atoms with Gasteiger partial charge in [0.15, 0.2) is 5.82 Å². The summed E-state index contributed by atoms with van der Waals surface area (Å²) in [6.45, 7) is 8.74. The quantitative estimate of drug-likeness (QED) is 0.706. The van der Waals surface area contributed by atoms with Gasteiger partial charge in [-0.15, -0.1) is 0 Å². The Balaban J connectivity index is 1.34. The third kappa shape index (κ3) is 3.59. The highest BCUT2D eigenvalue weighted by molar-refractivity contribution is 5.74. The Labute approximate surface area is 161 Å². The molecule has 0 saturated carbocycles. The van der Waals surface area contributed by atoms with Crippen molar-refractivity contribution in [2.75, 3.05) is 31.1 Å². The molecule has 2 amide bonds. The fraction of sp³-hybridized carbons (Fsp3) is 0.529. The minimum atomic E-state index is -0.138. The first-order valence-corrected chi connectivity index (χ1v) is 9.29.